The van der Waals surface area contributed by atoms with Crippen molar-refractivity contribution in [2.24, 2.45) is 5.92 Å². The molecule has 1 heterocycles. The van der Waals surface area contributed by atoms with Crippen molar-refractivity contribution in [3.8, 4) is 0 Å². The van der Waals surface area contributed by atoms with Crippen molar-refractivity contribution in [2.45, 2.75) is 46.2 Å². The van der Waals surface area contributed by atoms with Crippen molar-refractivity contribution in [3.63, 3.8) is 0 Å². The number of likely N-dealkylation sites (N-methyl/N-ethyl adjacent to an activating group) is 1. The number of hydrogen-bond acceptors (Lipinski definition) is 4. The minimum atomic E-state index is -0.197. The molecule has 0 fully saturated rings. The van der Waals surface area contributed by atoms with Gasteiger partial charge in [0.2, 0.25) is 0 Å². The molecule has 1 unspecified atom stereocenters. The molecule has 26 heavy (non-hydrogen) atoms. The summed E-state index contributed by atoms with van der Waals surface area (Å²) in [6.45, 7) is 12.7. The van der Waals surface area contributed by atoms with Crippen LogP contribution in [0.2, 0.25) is 0 Å². The number of hydrogen-bond donors (Lipinski definition) is 3. The molecule has 1 atom stereocenters. The van der Waals surface area contributed by atoms with Gasteiger partial charge in [-0.3, -0.25) is 0 Å². The predicted octanol–water partition coefficient (Wildman–Crippen LogP) is 3.55. The van der Waals surface area contributed by atoms with E-state index >= 15 is 0 Å². The summed E-state index contributed by atoms with van der Waals surface area (Å²) in [5, 5.41) is 10.3. The second-order valence-corrected chi connectivity index (χ2v) is 7.25. The first-order valence-corrected chi connectivity index (χ1v) is 9.59. The monoisotopic (exact) mass is 360 g/mol. The van der Waals surface area contributed by atoms with Crippen LogP contribution in [0.4, 0.5) is 4.39 Å². The molecule has 0 spiro atoms. The van der Waals surface area contributed by atoms with Gasteiger partial charge in [-0.15, -0.1) is 0 Å². The Bertz CT molecular complexity index is 621. The molecular weight excluding hydrogens is 327 g/mol. The van der Waals surface area contributed by atoms with E-state index in [0.717, 1.165) is 55.1 Å². The van der Waals surface area contributed by atoms with Gasteiger partial charge in [-0.1, -0.05) is 39.5 Å². The molecule has 4 nitrogen and oxygen atoms in total. The van der Waals surface area contributed by atoms with Crippen LogP contribution in [-0.4, -0.2) is 31.2 Å². The molecule has 0 aliphatic carbocycles. The Labute approximate surface area is 157 Å². The average molecular weight is 361 g/mol. The van der Waals surface area contributed by atoms with Crippen LogP contribution in [-0.2, 0) is 6.42 Å². The minimum absolute atomic E-state index is 0.124. The van der Waals surface area contributed by atoms with Gasteiger partial charge in [0, 0.05) is 26.6 Å². The zero-order chi connectivity index (χ0) is 19.1. The van der Waals surface area contributed by atoms with Crippen molar-refractivity contribution >= 4 is 0 Å². The Morgan fingerprint density at radius 2 is 2.00 bits per heavy atom. The molecule has 0 bridgehead atoms. The summed E-state index contributed by atoms with van der Waals surface area (Å²) in [6, 6.07) is 6.78. The van der Waals surface area contributed by atoms with Crippen LogP contribution in [0, 0.1) is 11.7 Å². The van der Waals surface area contributed by atoms with Gasteiger partial charge in [-0.05, 0) is 36.5 Å². The van der Waals surface area contributed by atoms with Crippen molar-refractivity contribution < 1.29 is 4.39 Å². The number of benzene rings is 1. The Hall–Kier alpha value is -2.17. The maximum absolute atomic E-state index is 13.2. The first-order chi connectivity index (χ1) is 12.5. The standard InChI is InChI=1S/C21H33FN4/c1-6-12-24-21-20(16(4)23-5)26(13-11-15(2)3)19(25-21)14-17-7-9-18(22)10-8-17/h7-10,15,19,23-25H,4,6,11-14H2,1-3,5H3. The van der Waals surface area contributed by atoms with E-state index in [0.29, 0.717) is 5.92 Å². The molecule has 0 radical (unpaired) electrons. The summed E-state index contributed by atoms with van der Waals surface area (Å²) in [5.41, 5.74) is 3.12. The Morgan fingerprint density at radius 1 is 1.31 bits per heavy atom. The van der Waals surface area contributed by atoms with Crippen LogP contribution in [0.1, 0.15) is 39.2 Å². The first-order valence-electron chi connectivity index (χ1n) is 9.59. The van der Waals surface area contributed by atoms with Gasteiger partial charge in [0.05, 0.1) is 5.70 Å². The average Bonchev–Trinajstić information content (AvgIpc) is 2.96. The molecule has 1 aliphatic heterocycles. The SMILES string of the molecule is C=C(NC)C1=C(NCCC)NC(Cc2ccc(F)cc2)N1CCC(C)C. The maximum atomic E-state index is 13.2. The van der Waals surface area contributed by atoms with Crippen molar-refractivity contribution in [1.29, 1.82) is 0 Å². The summed E-state index contributed by atoms with van der Waals surface area (Å²) in [4.78, 5) is 2.39. The van der Waals surface area contributed by atoms with Gasteiger partial charge in [0.1, 0.15) is 23.5 Å². The molecule has 0 saturated heterocycles. The molecule has 0 amide bonds. The zero-order valence-corrected chi connectivity index (χ0v) is 16.5. The number of halogens is 1. The largest absolute Gasteiger partial charge is 0.387 e. The highest BCUT2D eigenvalue weighted by Gasteiger charge is 2.32. The van der Waals surface area contributed by atoms with Gasteiger partial charge in [-0.2, -0.15) is 0 Å². The quantitative estimate of drug-likeness (QED) is 0.597. The number of rotatable bonds is 10. The van der Waals surface area contributed by atoms with Crippen LogP contribution in [0.5, 0.6) is 0 Å². The molecule has 5 heteroatoms. The molecule has 144 valence electrons. The summed E-state index contributed by atoms with van der Waals surface area (Å²) in [5.74, 6) is 1.46. The molecular formula is C21H33FN4. The van der Waals surface area contributed by atoms with E-state index in [2.05, 4.69) is 48.2 Å². The fourth-order valence-corrected chi connectivity index (χ4v) is 3.11. The van der Waals surface area contributed by atoms with Crippen molar-refractivity contribution in [3.05, 3.63) is 59.4 Å². The topological polar surface area (TPSA) is 39.3 Å². The van der Waals surface area contributed by atoms with Crippen LogP contribution >= 0.6 is 0 Å². The highest BCUT2D eigenvalue weighted by atomic mass is 19.1. The van der Waals surface area contributed by atoms with Crippen molar-refractivity contribution in [2.75, 3.05) is 20.1 Å². The van der Waals surface area contributed by atoms with Crippen LogP contribution in [0.15, 0.2) is 48.1 Å². The predicted molar refractivity (Wildman–Crippen MR) is 107 cm³/mol. The molecule has 1 aromatic carbocycles. The lowest BCUT2D eigenvalue weighted by atomic mass is 10.1. The van der Waals surface area contributed by atoms with Crippen LogP contribution in [0.25, 0.3) is 0 Å². The molecule has 1 aliphatic rings. The molecule has 0 aromatic heterocycles. The molecule has 1 aromatic rings. The lowest BCUT2D eigenvalue weighted by Crippen LogP contribution is -2.41. The normalized spacial score (nSPS) is 16.8. The third-order valence-corrected chi connectivity index (χ3v) is 4.64. The van der Waals surface area contributed by atoms with Gasteiger partial charge in [0.15, 0.2) is 0 Å². The summed E-state index contributed by atoms with van der Waals surface area (Å²) in [6.07, 6.45) is 3.08. The summed E-state index contributed by atoms with van der Waals surface area (Å²) in [7, 11) is 1.90. The Balaban J connectivity index is 2.25. The number of nitrogens with zero attached hydrogens (tertiary/aromatic N) is 1. The van der Waals surface area contributed by atoms with Gasteiger partial charge >= 0.3 is 0 Å². The second kappa shape index (κ2) is 9.51. The third-order valence-electron chi connectivity index (χ3n) is 4.64. The number of nitrogens with one attached hydrogen (secondary N) is 3. The van der Waals surface area contributed by atoms with Crippen LogP contribution in [0.3, 0.4) is 0 Å². The van der Waals surface area contributed by atoms with E-state index in [9.17, 15) is 4.39 Å². The summed E-state index contributed by atoms with van der Waals surface area (Å²) >= 11 is 0. The Kier molecular flexibility index (Phi) is 7.37. The van der Waals surface area contributed by atoms with E-state index in [1.165, 1.54) is 12.1 Å². The highest BCUT2D eigenvalue weighted by molar-refractivity contribution is 5.35. The van der Waals surface area contributed by atoms with Crippen LogP contribution < -0.4 is 16.0 Å². The maximum Gasteiger partial charge on any atom is 0.127 e. The minimum Gasteiger partial charge on any atom is -0.387 e. The van der Waals surface area contributed by atoms with E-state index in [1.54, 1.807) is 0 Å². The lowest BCUT2D eigenvalue weighted by Gasteiger charge is -2.30. The second-order valence-electron chi connectivity index (χ2n) is 7.25. The van der Waals surface area contributed by atoms with Gasteiger partial charge in [0.25, 0.3) is 0 Å². The third kappa shape index (κ3) is 5.16. The lowest BCUT2D eigenvalue weighted by molar-refractivity contribution is 0.245. The first kappa shape index (κ1) is 20.1. The van der Waals surface area contributed by atoms with Crippen molar-refractivity contribution in [1.82, 2.24) is 20.9 Å². The van der Waals surface area contributed by atoms with E-state index in [-0.39, 0.29) is 12.0 Å². The fourth-order valence-electron chi connectivity index (χ4n) is 3.11. The highest BCUT2D eigenvalue weighted by Crippen LogP contribution is 2.26. The smallest absolute Gasteiger partial charge is 0.127 e. The van der Waals surface area contributed by atoms with E-state index in [4.69, 9.17) is 0 Å². The van der Waals surface area contributed by atoms with E-state index in [1.807, 2.05) is 19.2 Å². The zero-order valence-electron chi connectivity index (χ0n) is 16.5. The molecule has 3 N–H and O–H groups in total. The summed E-state index contributed by atoms with van der Waals surface area (Å²) < 4.78 is 13.2. The Morgan fingerprint density at radius 3 is 2.58 bits per heavy atom. The van der Waals surface area contributed by atoms with E-state index < -0.39 is 0 Å². The van der Waals surface area contributed by atoms with Gasteiger partial charge in [-0.25, -0.2) is 4.39 Å². The van der Waals surface area contributed by atoms with Gasteiger partial charge < -0.3 is 20.9 Å². The molecule has 2 rings (SSSR count). The molecule has 0 saturated carbocycles. The fraction of sp³-hybridized carbons (Fsp3) is 0.524.